The lowest BCUT2D eigenvalue weighted by Crippen LogP contribution is -2.15. The molecule has 0 unspecified atom stereocenters. The van der Waals surface area contributed by atoms with E-state index in [1.165, 1.54) is 35.2 Å². The van der Waals surface area contributed by atoms with Crippen molar-refractivity contribution < 1.29 is 74.0 Å². The monoisotopic (exact) mass is 963 g/mol. The molecule has 4 aromatic carbocycles. The second kappa shape index (κ2) is 19.0. The van der Waals surface area contributed by atoms with Crippen LogP contribution in [-0.4, -0.2) is 106 Å². The largest absolute Gasteiger partial charge is 0.478 e. The molecule has 0 aliphatic rings. The molecule has 0 saturated carbocycles. The topological polar surface area (TPSA) is 417 Å². The van der Waals surface area contributed by atoms with Gasteiger partial charge in [0.15, 0.2) is 19.7 Å². The maximum absolute atomic E-state index is 12.8. The highest BCUT2D eigenvalue weighted by Crippen LogP contribution is 2.49. The van der Waals surface area contributed by atoms with Gasteiger partial charge in [-0.3, -0.25) is 13.7 Å². The fourth-order valence-electron chi connectivity index (χ4n) is 4.87. The maximum atomic E-state index is 12.8. The number of aromatic carboxylic acids is 1. The third kappa shape index (κ3) is 13.1. The lowest BCUT2D eigenvalue weighted by Gasteiger charge is -2.14. The van der Waals surface area contributed by atoms with Crippen LogP contribution in [0, 0.1) is 0 Å². The van der Waals surface area contributed by atoms with Crippen LogP contribution in [0.1, 0.15) is 10.4 Å². The Kier molecular flexibility index (Phi) is 15.0. The Morgan fingerprint density at radius 2 is 1.05 bits per heavy atom. The number of carboxylic acids is 1. The molecule has 8 N–H and O–H groups in total. The zero-order valence-electron chi connectivity index (χ0n) is 31.6. The number of nitrogen functional groups attached to an aromatic ring is 2. The highest BCUT2D eigenvalue weighted by Gasteiger charge is 2.28. The first-order valence-corrected chi connectivity index (χ1v) is 24.0. The molecule has 62 heavy (non-hydrogen) atoms. The molecule has 0 bridgehead atoms. The standard InChI is InChI=1S/C31H33N9O17S5/c1-40(2)20-9-10-23(24(17-20)60(47,48)49)36-38-29-25(31(41)42)28(37-34-18-5-3-7-21(15-18)58(43,44)13-11-56-61(50,51)52)26(32)30(27(29)33)39-35-19-6-4-8-22(16-19)59(45,46)14-12-57-62(53,54)55/h3-10,15-17H,11-14,32-33H2,1-2H3,(H,41,42)(H,47,48,49)(H,50,51,52)(H,53,54,55). The minimum Gasteiger partial charge on any atom is -0.478 e. The molecule has 0 heterocycles. The fourth-order valence-corrected chi connectivity index (χ4v) is 8.56. The minimum atomic E-state index is -4.97. The van der Waals surface area contributed by atoms with Crippen LogP contribution in [0.3, 0.4) is 0 Å². The van der Waals surface area contributed by atoms with Crippen LogP contribution in [0.15, 0.2) is 112 Å². The van der Waals surface area contributed by atoms with E-state index in [0.29, 0.717) is 5.69 Å². The van der Waals surface area contributed by atoms with E-state index in [-0.39, 0.29) is 11.4 Å². The molecule has 0 spiro atoms. The van der Waals surface area contributed by atoms with E-state index < -0.39 is 136 Å². The van der Waals surface area contributed by atoms with Crippen LogP contribution in [0.4, 0.5) is 51.2 Å². The maximum Gasteiger partial charge on any atom is 0.397 e. The van der Waals surface area contributed by atoms with E-state index in [2.05, 4.69) is 39.1 Å². The molecule has 0 radical (unpaired) electrons. The summed E-state index contributed by atoms with van der Waals surface area (Å²) in [5.74, 6) is -3.64. The molecular weight excluding hydrogens is 931 g/mol. The van der Waals surface area contributed by atoms with Crippen LogP contribution in [0.2, 0.25) is 0 Å². The molecule has 0 aliphatic heterocycles. The van der Waals surface area contributed by atoms with Crippen molar-refractivity contribution >= 4 is 108 Å². The van der Waals surface area contributed by atoms with Crippen molar-refractivity contribution in [1.29, 1.82) is 0 Å². The summed E-state index contributed by atoms with van der Waals surface area (Å²) in [6.07, 6.45) is 0. The van der Waals surface area contributed by atoms with Gasteiger partial charge in [-0.25, -0.2) is 30.0 Å². The highest BCUT2D eigenvalue weighted by atomic mass is 32.3. The van der Waals surface area contributed by atoms with E-state index in [0.717, 1.165) is 36.4 Å². The van der Waals surface area contributed by atoms with Gasteiger partial charge in [-0.2, -0.15) is 35.5 Å². The minimum absolute atomic E-state index is 0.201. The van der Waals surface area contributed by atoms with E-state index in [1.807, 2.05) is 0 Å². The third-order valence-electron chi connectivity index (χ3n) is 7.76. The van der Waals surface area contributed by atoms with Gasteiger partial charge in [0, 0.05) is 19.8 Å². The number of sulfone groups is 2. The summed E-state index contributed by atoms with van der Waals surface area (Å²) in [5, 5.41) is 33.8. The van der Waals surface area contributed by atoms with Gasteiger partial charge in [0.05, 0.1) is 57.3 Å². The summed E-state index contributed by atoms with van der Waals surface area (Å²) >= 11 is 0. The van der Waals surface area contributed by atoms with Gasteiger partial charge >= 0.3 is 26.8 Å². The number of hydrogen-bond acceptors (Lipinski definition) is 22. The smallest absolute Gasteiger partial charge is 0.397 e. The van der Waals surface area contributed by atoms with E-state index >= 15 is 0 Å². The number of carboxylic acid groups (broad SMARTS) is 1. The van der Waals surface area contributed by atoms with Gasteiger partial charge in [-0.1, -0.05) is 12.1 Å². The van der Waals surface area contributed by atoms with E-state index in [4.69, 9.17) is 20.6 Å². The van der Waals surface area contributed by atoms with Crippen LogP contribution in [0.5, 0.6) is 0 Å². The number of rotatable bonds is 19. The average molecular weight is 964 g/mol. The predicted octanol–water partition coefficient (Wildman–Crippen LogP) is 4.29. The quantitative estimate of drug-likeness (QED) is 0.0433. The van der Waals surface area contributed by atoms with Crippen molar-refractivity contribution in [2.24, 2.45) is 30.7 Å². The SMILES string of the molecule is CN(C)c1ccc(N=Nc2c(N)c(N=Nc3cccc(S(=O)(=O)CCOS(=O)(=O)O)c3)c(N)c(N=Nc3cccc(S(=O)(=O)CCOS(=O)(=O)O)c3)c2C(=O)O)c(S(=O)(=O)O)c1. The zero-order valence-corrected chi connectivity index (χ0v) is 35.7. The Bertz CT molecular complexity index is 3070. The van der Waals surface area contributed by atoms with Gasteiger partial charge in [0.2, 0.25) is 0 Å². The van der Waals surface area contributed by atoms with E-state index in [9.17, 15) is 56.5 Å². The summed E-state index contributed by atoms with van der Waals surface area (Å²) in [7, 11) is -20.3. The number of nitrogens with zero attached hydrogens (tertiary/aromatic N) is 7. The number of azo groups is 3. The van der Waals surface area contributed by atoms with Crippen molar-refractivity contribution in [1.82, 2.24) is 0 Å². The van der Waals surface area contributed by atoms with Crippen molar-refractivity contribution in [2.75, 3.05) is 55.2 Å². The number of carbonyl (C=O) groups is 1. The molecule has 0 aromatic heterocycles. The van der Waals surface area contributed by atoms with Gasteiger partial charge in [0.1, 0.15) is 33.2 Å². The number of hydrogen-bond donors (Lipinski definition) is 6. The Hall–Kier alpha value is -5.90. The first-order valence-electron chi connectivity index (χ1n) is 16.5. The molecule has 0 amide bonds. The fraction of sp³-hybridized carbons (Fsp3) is 0.194. The van der Waals surface area contributed by atoms with E-state index in [1.54, 1.807) is 14.1 Å². The Balaban J connectivity index is 1.92. The lowest BCUT2D eigenvalue weighted by molar-refractivity contribution is 0.0698. The van der Waals surface area contributed by atoms with Crippen LogP contribution in [-0.2, 0) is 59.0 Å². The molecule has 26 nitrogen and oxygen atoms in total. The average Bonchev–Trinajstić information content (AvgIpc) is 3.15. The third-order valence-corrected chi connectivity index (χ3v) is 12.9. The summed E-state index contributed by atoms with van der Waals surface area (Å²) in [5.41, 5.74) is 7.65. The highest BCUT2D eigenvalue weighted by molar-refractivity contribution is 7.91. The molecule has 31 heteroatoms. The Morgan fingerprint density at radius 1 is 0.613 bits per heavy atom. The Morgan fingerprint density at radius 3 is 1.45 bits per heavy atom. The first kappa shape index (κ1) is 48.8. The molecule has 4 aromatic rings. The zero-order chi connectivity index (χ0) is 46.4. The second-order valence-corrected chi connectivity index (χ2v) is 20.1. The van der Waals surface area contributed by atoms with Crippen LogP contribution in [0.25, 0.3) is 0 Å². The number of anilines is 3. The van der Waals surface area contributed by atoms with Crippen LogP contribution < -0.4 is 16.4 Å². The summed E-state index contributed by atoms with van der Waals surface area (Å²) in [4.78, 5) is 12.7. The molecule has 334 valence electrons. The molecule has 0 atom stereocenters. The van der Waals surface area contributed by atoms with Gasteiger partial charge < -0.3 is 21.5 Å². The van der Waals surface area contributed by atoms with Crippen molar-refractivity contribution in [3.05, 3.63) is 72.3 Å². The Labute approximate surface area is 353 Å². The van der Waals surface area contributed by atoms with Crippen molar-refractivity contribution in [3.8, 4) is 0 Å². The lowest BCUT2D eigenvalue weighted by atomic mass is 10.1. The van der Waals surface area contributed by atoms with Gasteiger partial charge in [0.25, 0.3) is 10.1 Å². The summed E-state index contributed by atoms with van der Waals surface area (Å²) in [6, 6.07) is 12.6. The van der Waals surface area contributed by atoms with Crippen molar-refractivity contribution in [2.45, 2.75) is 14.7 Å². The molecule has 0 saturated heterocycles. The van der Waals surface area contributed by atoms with Gasteiger partial charge in [-0.15, -0.1) is 20.5 Å². The number of nitrogens with two attached hydrogens (primary N) is 2. The second-order valence-electron chi connectivity index (χ2n) is 12.3. The van der Waals surface area contributed by atoms with Crippen molar-refractivity contribution in [3.63, 3.8) is 0 Å². The molecular formula is C31H33N9O17S5. The molecule has 0 aliphatic carbocycles. The summed E-state index contributed by atoms with van der Waals surface area (Å²) in [6.45, 7) is -1.90. The normalized spacial score (nSPS) is 13.0. The van der Waals surface area contributed by atoms with Crippen LogP contribution >= 0.6 is 0 Å². The predicted molar refractivity (Wildman–Crippen MR) is 217 cm³/mol. The van der Waals surface area contributed by atoms with Gasteiger partial charge in [-0.05, 0) is 54.6 Å². The first-order chi connectivity index (χ1) is 28.6. The summed E-state index contributed by atoms with van der Waals surface area (Å²) < 4.78 is 155. The molecule has 0 fully saturated rings. The number of benzene rings is 4. The molecule has 4 rings (SSSR count).